The second kappa shape index (κ2) is 1.95. The minimum Gasteiger partial charge on any atom is -0.207 e. The molecule has 0 saturated carbocycles. The summed E-state index contributed by atoms with van der Waals surface area (Å²) in [5, 5.41) is 0. The van der Waals surface area contributed by atoms with Crippen LogP contribution in [0.1, 0.15) is 8.30 Å². The molecule has 0 nitrogen and oxygen atoms in total. The number of rotatable bonds is 0. The van der Waals surface area contributed by atoms with Crippen LogP contribution in [-0.4, -0.2) is 0 Å². The van der Waals surface area contributed by atoms with E-state index >= 15 is 0 Å². The molecule has 0 amide bonds. The number of halogens is 1. The minimum absolute atomic E-state index is 0.0492. The molecule has 0 atom stereocenters. The maximum atomic E-state index is 12.6. The fourth-order valence-electron chi connectivity index (χ4n) is 0.442. The van der Waals surface area contributed by atoms with Gasteiger partial charge in [0.15, 0.2) is 0 Å². The van der Waals surface area contributed by atoms with E-state index in [4.69, 9.17) is 2.74 Å². The molecule has 0 aliphatic rings. The van der Waals surface area contributed by atoms with Gasteiger partial charge in [-0.05, 0) is 18.6 Å². The van der Waals surface area contributed by atoms with Crippen molar-refractivity contribution in [2.24, 2.45) is 0 Å². The Morgan fingerprint density at radius 2 is 2.50 bits per heavy atom. The highest BCUT2D eigenvalue weighted by Gasteiger charge is 1.88. The molecule has 0 saturated heterocycles. The van der Waals surface area contributed by atoms with Crippen molar-refractivity contribution in [2.75, 3.05) is 0 Å². The van der Waals surface area contributed by atoms with Crippen LogP contribution >= 0.6 is 0 Å². The Bertz CT molecular complexity index is 235. The largest absolute Gasteiger partial charge is 0.207 e. The molecule has 0 aliphatic heterocycles. The van der Waals surface area contributed by atoms with E-state index in [1.807, 2.05) is 0 Å². The molecule has 0 fully saturated rings. The quantitative estimate of drug-likeness (QED) is 0.482. The Kier molecular flexibility index (Phi) is 0.787. The zero-order chi connectivity index (χ0) is 7.72. The van der Waals surface area contributed by atoms with Crippen molar-refractivity contribution < 1.29 is 7.13 Å². The Balaban J connectivity index is 3.31. The summed E-state index contributed by atoms with van der Waals surface area (Å²) in [5.41, 5.74) is 0.302. The first-order valence-corrected chi connectivity index (χ1v) is 2.34. The maximum absolute atomic E-state index is 12.6. The van der Waals surface area contributed by atoms with Crippen molar-refractivity contribution in [3.8, 4) is 0 Å². The highest BCUT2D eigenvalue weighted by atomic mass is 19.1. The molecule has 0 aromatic heterocycles. The lowest BCUT2D eigenvalue weighted by atomic mass is 10.2. The van der Waals surface area contributed by atoms with E-state index in [1.165, 1.54) is 13.0 Å². The van der Waals surface area contributed by atoms with E-state index in [1.54, 1.807) is 0 Å². The summed E-state index contributed by atoms with van der Waals surface area (Å²) >= 11 is 0. The highest BCUT2D eigenvalue weighted by Crippen LogP contribution is 2.01. The summed E-state index contributed by atoms with van der Waals surface area (Å²) in [6, 6.07) is 2.56. The second-order valence-electron chi connectivity index (χ2n) is 1.57. The predicted molar refractivity (Wildman–Crippen MR) is 31.1 cm³/mol. The minimum atomic E-state index is -0.475. The van der Waals surface area contributed by atoms with Crippen molar-refractivity contribution in [3.05, 3.63) is 35.6 Å². The fraction of sp³-hybridized carbons (Fsp3) is 0.143. The van der Waals surface area contributed by atoms with Crippen LogP contribution in [0.4, 0.5) is 4.39 Å². The van der Waals surface area contributed by atoms with E-state index in [0.29, 0.717) is 5.56 Å². The third-order valence-electron chi connectivity index (χ3n) is 0.940. The van der Waals surface area contributed by atoms with E-state index in [2.05, 4.69) is 0 Å². The van der Waals surface area contributed by atoms with Gasteiger partial charge in [0, 0.05) is 0 Å². The van der Waals surface area contributed by atoms with Crippen molar-refractivity contribution in [3.63, 3.8) is 0 Å². The summed E-state index contributed by atoms with van der Waals surface area (Å²) in [5.74, 6) is -0.475. The van der Waals surface area contributed by atoms with Gasteiger partial charge >= 0.3 is 0 Å². The predicted octanol–water partition coefficient (Wildman–Crippen LogP) is 2.13. The molecule has 1 aromatic carbocycles. The average Bonchev–Trinajstić information content (AvgIpc) is 1.82. The van der Waals surface area contributed by atoms with Crippen LogP contribution in [-0.2, 0) is 0 Å². The third kappa shape index (κ3) is 0.861. The molecular weight excluding hydrogens is 103 g/mol. The summed E-state index contributed by atoms with van der Waals surface area (Å²) in [6.45, 7) is 1.52. The highest BCUT2D eigenvalue weighted by molar-refractivity contribution is 5.14. The molecule has 1 aromatic rings. The average molecular weight is 112 g/mol. The van der Waals surface area contributed by atoms with Gasteiger partial charge in [0.2, 0.25) is 0 Å². The van der Waals surface area contributed by atoms with Gasteiger partial charge in [-0.15, -0.1) is 0 Å². The third-order valence-corrected chi connectivity index (χ3v) is 0.940. The van der Waals surface area contributed by atoms with Gasteiger partial charge in [0.25, 0.3) is 0 Å². The van der Waals surface area contributed by atoms with Crippen molar-refractivity contribution >= 4 is 0 Å². The lowest BCUT2D eigenvalue weighted by molar-refractivity contribution is 0.618. The molecular formula is C7H7F. The van der Waals surface area contributed by atoms with Crippen molar-refractivity contribution in [2.45, 2.75) is 6.92 Å². The molecule has 1 heteroatoms. The molecule has 0 radical (unpaired) electrons. The number of hydrogen-bond donors (Lipinski definition) is 0. The molecule has 0 bridgehead atoms. The first-order valence-electron chi connectivity index (χ1n) is 3.34. The smallest absolute Gasteiger partial charge is 0.126 e. The summed E-state index contributed by atoms with van der Waals surface area (Å²) in [6.07, 6.45) is 0. The maximum Gasteiger partial charge on any atom is 0.126 e. The van der Waals surface area contributed by atoms with E-state index in [9.17, 15) is 4.39 Å². The van der Waals surface area contributed by atoms with Crippen molar-refractivity contribution in [1.29, 1.82) is 0 Å². The summed E-state index contributed by atoms with van der Waals surface area (Å²) < 4.78 is 26.8. The number of benzene rings is 1. The van der Waals surface area contributed by atoms with Crippen LogP contribution in [0.2, 0.25) is 0 Å². The van der Waals surface area contributed by atoms with Gasteiger partial charge in [-0.25, -0.2) is 4.39 Å². The Morgan fingerprint density at radius 3 is 3.12 bits per heavy atom. The lowest BCUT2D eigenvalue weighted by Crippen LogP contribution is -1.76. The first kappa shape index (κ1) is 3.23. The van der Waals surface area contributed by atoms with Crippen LogP contribution in [0.25, 0.3) is 0 Å². The zero-order valence-corrected chi connectivity index (χ0v) is 4.53. The fourth-order valence-corrected chi connectivity index (χ4v) is 0.442. The lowest BCUT2D eigenvalue weighted by Gasteiger charge is -1.89. The Hall–Kier alpha value is -0.850. The Morgan fingerprint density at radius 1 is 1.75 bits per heavy atom. The van der Waals surface area contributed by atoms with Gasteiger partial charge in [-0.2, -0.15) is 0 Å². The first-order chi connectivity index (χ1) is 4.61. The van der Waals surface area contributed by atoms with Gasteiger partial charge < -0.3 is 0 Å². The molecule has 0 aliphatic carbocycles. The monoisotopic (exact) mass is 112 g/mol. The van der Waals surface area contributed by atoms with Gasteiger partial charge in [-0.1, -0.05) is 18.2 Å². The van der Waals surface area contributed by atoms with E-state index < -0.39 is 5.82 Å². The summed E-state index contributed by atoms with van der Waals surface area (Å²) in [7, 11) is 0. The molecule has 0 unspecified atom stereocenters. The molecule has 0 spiro atoms. The molecule has 42 valence electrons. The topological polar surface area (TPSA) is 0 Å². The standard InChI is InChI=1S/C7H7F/c1-6-4-2-3-5-7(6)8/h2-5H,1H3/i3D,4D. The van der Waals surface area contributed by atoms with Gasteiger partial charge in [-0.3, -0.25) is 0 Å². The van der Waals surface area contributed by atoms with Gasteiger partial charge in [0.1, 0.15) is 5.82 Å². The SMILES string of the molecule is [2H]c1cc([2H])c(C)c(F)c1. The van der Waals surface area contributed by atoms with Crippen LogP contribution in [0.3, 0.4) is 0 Å². The van der Waals surface area contributed by atoms with E-state index in [-0.39, 0.29) is 12.1 Å². The molecule has 8 heavy (non-hydrogen) atoms. The molecule has 1 rings (SSSR count). The second-order valence-corrected chi connectivity index (χ2v) is 1.57. The molecule has 0 N–H and O–H groups in total. The van der Waals surface area contributed by atoms with Crippen LogP contribution in [0, 0.1) is 12.7 Å². The van der Waals surface area contributed by atoms with Crippen molar-refractivity contribution in [1.82, 2.24) is 0 Å². The zero-order valence-electron chi connectivity index (χ0n) is 6.53. The number of hydrogen-bond acceptors (Lipinski definition) is 0. The van der Waals surface area contributed by atoms with Gasteiger partial charge in [0.05, 0.1) is 2.74 Å². The van der Waals surface area contributed by atoms with Crippen LogP contribution < -0.4 is 0 Å². The normalized spacial score (nSPS) is 12.8. The molecule has 0 heterocycles. The summed E-state index contributed by atoms with van der Waals surface area (Å²) in [4.78, 5) is 0. The van der Waals surface area contributed by atoms with E-state index in [0.717, 1.165) is 6.07 Å². The van der Waals surface area contributed by atoms with Crippen LogP contribution in [0.15, 0.2) is 24.2 Å². The van der Waals surface area contributed by atoms with Crippen LogP contribution in [0.5, 0.6) is 0 Å². The Labute approximate surface area is 50.8 Å².